The van der Waals surface area contributed by atoms with Gasteiger partial charge in [0.05, 0.1) is 12.0 Å². The number of rotatable bonds is 8. The minimum atomic E-state index is -4.06. The van der Waals surface area contributed by atoms with Crippen LogP contribution in [0, 0.1) is 6.92 Å². The summed E-state index contributed by atoms with van der Waals surface area (Å²) in [5.74, 6) is -0.0888. The summed E-state index contributed by atoms with van der Waals surface area (Å²) in [6.45, 7) is 1.85. The molecule has 1 atom stereocenters. The zero-order chi connectivity index (χ0) is 28.3. The van der Waals surface area contributed by atoms with Gasteiger partial charge in [0.25, 0.3) is 0 Å². The Hall–Kier alpha value is -4.73. The Morgan fingerprint density at radius 1 is 0.850 bits per heavy atom. The van der Waals surface area contributed by atoms with Crippen molar-refractivity contribution in [2.75, 3.05) is 7.11 Å². The summed E-state index contributed by atoms with van der Waals surface area (Å²) in [4.78, 5) is 25.8. The highest BCUT2D eigenvalue weighted by atomic mass is 32.2. The molecule has 0 aliphatic carbocycles. The molecule has 0 radical (unpaired) electrons. The van der Waals surface area contributed by atoms with E-state index in [0.29, 0.717) is 22.3 Å². The normalized spacial score (nSPS) is 12.2. The molecule has 0 aliphatic heterocycles. The van der Waals surface area contributed by atoms with Gasteiger partial charge in [-0.3, -0.25) is 0 Å². The smallest absolute Gasteiger partial charge is 0.336 e. The van der Waals surface area contributed by atoms with Crippen molar-refractivity contribution < 1.29 is 27.1 Å². The first kappa shape index (κ1) is 26.9. The molecule has 1 N–H and O–H groups in total. The lowest BCUT2D eigenvalue weighted by Gasteiger charge is -2.18. The summed E-state index contributed by atoms with van der Waals surface area (Å²) < 4.78 is 45.0. The molecule has 8 nitrogen and oxygen atoms in total. The van der Waals surface area contributed by atoms with E-state index in [1.54, 1.807) is 73.8 Å². The molecule has 0 fully saturated rings. The number of carbonyl (C=O) groups excluding carboxylic acids is 1. The van der Waals surface area contributed by atoms with Gasteiger partial charge in [-0.2, -0.15) is 4.72 Å². The first-order chi connectivity index (χ1) is 19.2. The second kappa shape index (κ2) is 11.2. The number of esters is 1. The van der Waals surface area contributed by atoms with Gasteiger partial charge in [0.1, 0.15) is 23.1 Å². The molecule has 202 valence electrons. The van der Waals surface area contributed by atoms with E-state index in [2.05, 4.69) is 4.72 Å². The predicted octanol–water partition coefficient (Wildman–Crippen LogP) is 5.40. The first-order valence-corrected chi connectivity index (χ1v) is 13.8. The predicted molar refractivity (Wildman–Crippen MR) is 151 cm³/mol. The Labute approximate surface area is 230 Å². The van der Waals surface area contributed by atoms with Crippen LogP contribution in [0.2, 0.25) is 0 Å². The van der Waals surface area contributed by atoms with Gasteiger partial charge < -0.3 is 13.9 Å². The average Bonchev–Trinajstić information content (AvgIpc) is 2.96. The van der Waals surface area contributed by atoms with E-state index < -0.39 is 27.7 Å². The Kier molecular flexibility index (Phi) is 7.50. The van der Waals surface area contributed by atoms with Gasteiger partial charge >= 0.3 is 11.6 Å². The largest absolute Gasteiger partial charge is 0.497 e. The maximum atomic E-state index is 13.4. The van der Waals surface area contributed by atoms with Crippen molar-refractivity contribution in [2.24, 2.45) is 0 Å². The van der Waals surface area contributed by atoms with Gasteiger partial charge in [0, 0.05) is 17.5 Å². The highest BCUT2D eigenvalue weighted by Crippen LogP contribution is 2.31. The van der Waals surface area contributed by atoms with E-state index in [0.717, 1.165) is 11.1 Å². The van der Waals surface area contributed by atoms with Crippen molar-refractivity contribution >= 4 is 27.0 Å². The van der Waals surface area contributed by atoms with Gasteiger partial charge in [-0.25, -0.2) is 18.0 Å². The van der Waals surface area contributed by atoms with Gasteiger partial charge in [-0.05, 0) is 60.0 Å². The second-order valence-corrected chi connectivity index (χ2v) is 10.8. The van der Waals surface area contributed by atoms with E-state index in [1.165, 1.54) is 24.3 Å². The number of methoxy groups -OCH3 is 1. The van der Waals surface area contributed by atoms with Crippen LogP contribution >= 0.6 is 0 Å². The summed E-state index contributed by atoms with van der Waals surface area (Å²) in [7, 11) is -2.49. The van der Waals surface area contributed by atoms with Crippen LogP contribution in [0.1, 0.15) is 17.2 Å². The lowest BCUT2D eigenvalue weighted by atomic mass is 10.0. The molecule has 5 rings (SSSR count). The van der Waals surface area contributed by atoms with Crippen LogP contribution in [-0.4, -0.2) is 21.5 Å². The zero-order valence-electron chi connectivity index (χ0n) is 21.7. The number of fused-ring (bicyclic) bond motifs is 1. The second-order valence-electron chi connectivity index (χ2n) is 9.06. The number of sulfonamides is 1. The third-order valence-electron chi connectivity index (χ3n) is 6.31. The summed E-state index contributed by atoms with van der Waals surface area (Å²) in [6.07, 6.45) is 0. The monoisotopic (exact) mass is 555 g/mol. The van der Waals surface area contributed by atoms with E-state index in [1.807, 2.05) is 19.1 Å². The third-order valence-corrected chi connectivity index (χ3v) is 7.75. The van der Waals surface area contributed by atoms with Gasteiger partial charge in [0.2, 0.25) is 10.0 Å². The van der Waals surface area contributed by atoms with Crippen LogP contribution in [-0.2, 0) is 14.8 Å². The van der Waals surface area contributed by atoms with E-state index in [4.69, 9.17) is 13.9 Å². The summed E-state index contributed by atoms with van der Waals surface area (Å²) in [5, 5.41) is 0.629. The molecule has 4 aromatic carbocycles. The lowest BCUT2D eigenvalue weighted by Crippen LogP contribution is -2.36. The van der Waals surface area contributed by atoms with E-state index >= 15 is 0 Å². The summed E-state index contributed by atoms with van der Waals surface area (Å²) in [6, 6.07) is 26.6. The maximum absolute atomic E-state index is 13.4. The molecule has 40 heavy (non-hydrogen) atoms. The minimum Gasteiger partial charge on any atom is -0.497 e. The molecule has 0 bridgehead atoms. The molecule has 0 amide bonds. The van der Waals surface area contributed by atoms with Crippen molar-refractivity contribution in [1.29, 1.82) is 0 Å². The fraction of sp³-hybridized carbons (Fsp3) is 0.0968. The van der Waals surface area contributed by atoms with Crippen molar-refractivity contribution in [3.63, 3.8) is 0 Å². The molecule has 0 unspecified atom stereocenters. The molecular formula is C31H25NO7S. The molecule has 5 aromatic rings. The number of carbonyl (C=O) groups is 1. The van der Waals surface area contributed by atoms with Crippen molar-refractivity contribution in [2.45, 2.75) is 17.9 Å². The summed E-state index contributed by atoms with van der Waals surface area (Å²) in [5.41, 5.74) is 2.35. The molecular weight excluding hydrogens is 530 g/mol. The van der Waals surface area contributed by atoms with Gasteiger partial charge in [-0.15, -0.1) is 0 Å². The molecule has 1 heterocycles. The SMILES string of the molecule is COc1ccc(-c2cc(=O)oc3cc(OC(=O)[C@@H](NS(=O)(=O)c4ccc(C)cc4)c4ccccc4)ccc23)cc1. The van der Waals surface area contributed by atoms with Crippen LogP contribution in [0.4, 0.5) is 0 Å². The number of benzene rings is 4. The first-order valence-electron chi connectivity index (χ1n) is 12.3. The van der Waals surface area contributed by atoms with E-state index in [9.17, 15) is 18.0 Å². The molecule has 0 aliphatic rings. The topological polar surface area (TPSA) is 112 Å². The van der Waals surface area contributed by atoms with Gasteiger partial charge in [0.15, 0.2) is 0 Å². The van der Waals surface area contributed by atoms with Crippen molar-refractivity contribution in [3.05, 3.63) is 125 Å². The molecule has 0 saturated heterocycles. The molecule has 0 saturated carbocycles. The zero-order valence-corrected chi connectivity index (χ0v) is 22.5. The molecule has 1 aromatic heterocycles. The van der Waals surface area contributed by atoms with Crippen LogP contribution < -0.4 is 19.8 Å². The van der Waals surface area contributed by atoms with Crippen molar-refractivity contribution in [1.82, 2.24) is 4.72 Å². The van der Waals surface area contributed by atoms with Crippen LogP contribution in [0.5, 0.6) is 11.5 Å². The number of hydrogen-bond donors (Lipinski definition) is 1. The Morgan fingerprint density at radius 2 is 1.52 bits per heavy atom. The number of ether oxygens (including phenoxy) is 2. The van der Waals surface area contributed by atoms with Crippen LogP contribution in [0.15, 0.2) is 117 Å². The third kappa shape index (κ3) is 5.80. The Morgan fingerprint density at radius 3 is 2.20 bits per heavy atom. The quantitative estimate of drug-likeness (QED) is 0.155. The standard InChI is InChI=1S/C31H25NO7S/c1-20-8-15-25(16-9-20)40(35,36)32-30(22-6-4-3-5-7-22)31(34)38-24-14-17-26-27(19-29(33)39-28(26)18-24)21-10-12-23(37-2)13-11-21/h3-19,30,32H,1-2H3/t30-/m0/s1. The Balaban J connectivity index is 1.47. The lowest BCUT2D eigenvalue weighted by molar-refractivity contribution is -0.136. The Bertz CT molecular complexity index is 1830. The number of hydrogen-bond acceptors (Lipinski definition) is 7. The average molecular weight is 556 g/mol. The van der Waals surface area contributed by atoms with Crippen molar-refractivity contribution in [3.8, 4) is 22.6 Å². The van der Waals surface area contributed by atoms with E-state index in [-0.39, 0.29) is 16.2 Å². The molecule has 0 spiro atoms. The summed E-state index contributed by atoms with van der Waals surface area (Å²) >= 11 is 0. The van der Waals surface area contributed by atoms with Crippen LogP contribution in [0.3, 0.4) is 0 Å². The van der Waals surface area contributed by atoms with Crippen LogP contribution in [0.25, 0.3) is 22.1 Å². The fourth-order valence-corrected chi connectivity index (χ4v) is 5.40. The fourth-order valence-electron chi connectivity index (χ4n) is 4.23. The highest BCUT2D eigenvalue weighted by Gasteiger charge is 2.29. The van der Waals surface area contributed by atoms with Gasteiger partial charge in [-0.1, -0.05) is 60.2 Å². The maximum Gasteiger partial charge on any atom is 0.336 e. The number of aryl methyl sites for hydroxylation is 1. The highest BCUT2D eigenvalue weighted by molar-refractivity contribution is 7.89. The minimum absolute atomic E-state index is 0.0189. The molecule has 9 heteroatoms. The number of nitrogens with one attached hydrogen (secondary N) is 1.